The summed E-state index contributed by atoms with van der Waals surface area (Å²) >= 11 is 13.2. The Kier molecular flexibility index (Phi) is 7.32. The van der Waals surface area contributed by atoms with E-state index >= 15 is 0 Å². The fraction of sp³-hybridized carbons (Fsp3) is 0. The van der Waals surface area contributed by atoms with Crippen LogP contribution >= 0.6 is 34.5 Å². The minimum atomic E-state index is -0.503. The van der Waals surface area contributed by atoms with Crippen molar-refractivity contribution in [3.05, 3.63) is 111 Å². The van der Waals surface area contributed by atoms with Crippen molar-refractivity contribution < 1.29 is 13.6 Å². The topological polar surface area (TPSA) is 79.5 Å². The maximum Gasteiger partial charge on any atom is 0.271 e. The van der Waals surface area contributed by atoms with Gasteiger partial charge in [-0.05, 0) is 66.7 Å². The number of carbonyl (C=O) groups excluding carboxylic acids is 1. The quantitative estimate of drug-likeness (QED) is 0.159. The minimum absolute atomic E-state index is 0.00669. The number of thiazole rings is 1. The molecule has 0 radical (unpaired) electrons. The molecule has 0 aliphatic heterocycles. The monoisotopic (exact) mass is 550 g/mol. The first-order chi connectivity index (χ1) is 17.9. The Morgan fingerprint density at radius 1 is 0.973 bits per heavy atom. The number of hydrogen-bond donors (Lipinski definition) is 2. The number of amides is 1. The summed E-state index contributed by atoms with van der Waals surface area (Å²) in [7, 11) is 0. The van der Waals surface area contributed by atoms with Gasteiger partial charge in [-0.3, -0.25) is 4.79 Å². The Morgan fingerprint density at radius 3 is 2.49 bits per heavy atom. The SMILES string of the molecule is O=C(N/N=C\c1ccc(-c2ccc(F)c(Cl)c2)o1)c1ccc(-c2csc(Nc3ccc(Cl)cc3)n2)cc1. The molecule has 0 aliphatic rings. The molecule has 0 spiro atoms. The summed E-state index contributed by atoms with van der Waals surface area (Å²) in [5, 5.41) is 10.6. The maximum absolute atomic E-state index is 13.4. The Labute approximate surface area is 225 Å². The Bertz CT molecular complexity index is 1580. The van der Waals surface area contributed by atoms with Gasteiger partial charge in [0.25, 0.3) is 5.91 Å². The number of halogens is 3. The number of carbonyl (C=O) groups is 1. The average molecular weight is 551 g/mol. The van der Waals surface area contributed by atoms with Crippen LogP contribution in [0.5, 0.6) is 0 Å². The largest absolute Gasteiger partial charge is 0.455 e. The maximum atomic E-state index is 13.4. The number of benzene rings is 3. The normalized spacial score (nSPS) is 11.1. The van der Waals surface area contributed by atoms with Crippen LogP contribution in [0.4, 0.5) is 15.2 Å². The van der Waals surface area contributed by atoms with Crippen molar-refractivity contribution in [1.29, 1.82) is 0 Å². The summed E-state index contributed by atoms with van der Waals surface area (Å²) in [6.07, 6.45) is 1.38. The Morgan fingerprint density at radius 2 is 1.73 bits per heavy atom. The van der Waals surface area contributed by atoms with Gasteiger partial charge in [-0.15, -0.1) is 11.3 Å². The van der Waals surface area contributed by atoms with Crippen LogP contribution in [-0.2, 0) is 0 Å². The van der Waals surface area contributed by atoms with E-state index in [1.54, 1.807) is 30.3 Å². The zero-order valence-corrected chi connectivity index (χ0v) is 21.2. The van der Waals surface area contributed by atoms with Gasteiger partial charge in [0, 0.05) is 32.8 Å². The molecule has 0 saturated heterocycles. The number of anilines is 2. The number of nitrogens with one attached hydrogen (secondary N) is 2. The highest BCUT2D eigenvalue weighted by molar-refractivity contribution is 7.14. The lowest BCUT2D eigenvalue weighted by Crippen LogP contribution is -2.17. The van der Waals surface area contributed by atoms with E-state index in [1.165, 1.54) is 29.7 Å². The minimum Gasteiger partial charge on any atom is -0.455 e. The number of aromatic nitrogens is 1. The fourth-order valence-corrected chi connectivity index (χ4v) is 4.41. The molecule has 10 heteroatoms. The second-order valence-corrected chi connectivity index (χ2v) is 9.48. The lowest BCUT2D eigenvalue weighted by atomic mass is 10.1. The summed E-state index contributed by atoms with van der Waals surface area (Å²) < 4.78 is 19.0. The number of hydrogen-bond acceptors (Lipinski definition) is 6. The van der Waals surface area contributed by atoms with Crippen molar-refractivity contribution in [2.45, 2.75) is 0 Å². The third-order valence-corrected chi connectivity index (χ3v) is 6.53. The number of furan rings is 1. The van der Waals surface area contributed by atoms with Crippen LogP contribution in [-0.4, -0.2) is 17.1 Å². The van der Waals surface area contributed by atoms with E-state index in [9.17, 15) is 9.18 Å². The first kappa shape index (κ1) is 24.7. The van der Waals surface area contributed by atoms with Crippen molar-refractivity contribution in [2.24, 2.45) is 5.10 Å². The molecule has 0 unspecified atom stereocenters. The first-order valence-corrected chi connectivity index (χ1v) is 12.6. The summed E-state index contributed by atoms with van der Waals surface area (Å²) in [5.74, 6) is 0.0386. The molecule has 37 heavy (non-hydrogen) atoms. The summed E-state index contributed by atoms with van der Waals surface area (Å²) in [4.78, 5) is 17.1. The van der Waals surface area contributed by atoms with Gasteiger partial charge in [0.15, 0.2) is 5.13 Å². The molecule has 3 aromatic carbocycles. The van der Waals surface area contributed by atoms with Crippen LogP contribution in [0.15, 0.2) is 93.8 Å². The van der Waals surface area contributed by atoms with Crippen LogP contribution in [0.2, 0.25) is 10.0 Å². The molecule has 2 N–H and O–H groups in total. The second-order valence-electron chi connectivity index (χ2n) is 7.78. The molecule has 0 saturated carbocycles. The molecule has 5 rings (SSSR count). The van der Waals surface area contributed by atoms with Crippen LogP contribution in [0.1, 0.15) is 16.1 Å². The zero-order chi connectivity index (χ0) is 25.8. The number of rotatable bonds is 7. The third kappa shape index (κ3) is 6.06. The predicted molar refractivity (Wildman–Crippen MR) is 146 cm³/mol. The van der Waals surface area contributed by atoms with Crippen molar-refractivity contribution in [3.63, 3.8) is 0 Å². The molecule has 0 fully saturated rings. The molecule has 0 bridgehead atoms. The van der Waals surface area contributed by atoms with Crippen LogP contribution in [0, 0.1) is 5.82 Å². The molecule has 184 valence electrons. The molecular formula is C27H17Cl2FN4O2S. The third-order valence-electron chi connectivity index (χ3n) is 5.23. The Balaban J connectivity index is 1.18. The fourth-order valence-electron chi connectivity index (χ4n) is 3.36. The van der Waals surface area contributed by atoms with Crippen molar-refractivity contribution in [3.8, 4) is 22.6 Å². The van der Waals surface area contributed by atoms with E-state index in [-0.39, 0.29) is 10.9 Å². The van der Waals surface area contributed by atoms with E-state index in [0.717, 1.165) is 22.1 Å². The molecule has 0 aliphatic carbocycles. The first-order valence-electron chi connectivity index (χ1n) is 10.9. The van der Waals surface area contributed by atoms with Crippen molar-refractivity contribution >= 4 is 57.5 Å². The van der Waals surface area contributed by atoms with Crippen molar-refractivity contribution in [1.82, 2.24) is 10.4 Å². The van der Waals surface area contributed by atoms with Crippen LogP contribution in [0.25, 0.3) is 22.6 Å². The van der Waals surface area contributed by atoms with Gasteiger partial charge in [0.2, 0.25) is 0 Å². The molecular weight excluding hydrogens is 534 g/mol. The molecule has 5 aromatic rings. The highest BCUT2D eigenvalue weighted by atomic mass is 35.5. The van der Waals surface area contributed by atoms with E-state index in [2.05, 4.69) is 20.8 Å². The number of nitrogens with zero attached hydrogens (tertiary/aromatic N) is 2. The average Bonchev–Trinajstić information content (AvgIpc) is 3.57. The summed E-state index contributed by atoms with van der Waals surface area (Å²) in [5.41, 5.74) is 6.11. The summed E-state index contributed by atoms with van der Waals surface area (Å²) in [6, 6.07) is 22.1. The van der Waals surface area contributed by atoms with Gasteiger partial charge in [-0.2, -0.15) is 5.10 Å². The van der Waals surface area contributed by atoms with Gasteiger partial charge < -0.3 is 9.73 Å². The van der Waals surface area contributed by atoms with Gasteiger partial charge in [-0.1, -0.05) is 35.3 Å². The number of hydrazone groups is 1. The van der Waals surface area contributed by atoms with E-state index in [0.29, 0.717) is 27.7 Å². The highest BCUT2D eigenvalue weighted by Gasteiger charge is 2.09. The van der Waals surface area contributed by atoms with Gasteiger partial charge >= 0.3 is 0 Å². The lowest BCUT2D eigenvalue weighted by molar-refractivity contribution is 0.0955. The van der Waals surface area contributed by atoms with Gasteiger partial charge in [0.05, 0.1) is 16.9 Å². The summed E-state index contributed by atoms with van der Waals surface area (Å²) in [6.45, 7) is 0. The molecule has 1 amide bonds. The molecule has 2 heterocycles. The van der Waals surface area contributed by atoms with Gasteiger partial charge in [0.1, 0.15) is 17.3 Å². The van der Waals surface area contributed by atoms with E-state index < -0.39 is 5.82 Å². The second kappa shape index (κ2) is 11.0. The van der Waals surface area contributed by atoms with E-state index in [4.69, 9.17) is 27.6 Å². The van der Waals surface area contributed by atoms with Gasteiger partial charge in [-0.25, -0.2) is 14.8 Å². The standard InChI is InChI=1S/C27H17Cl2FN4O2S/c28-19-6-8-20(9-7-19)32-27-33-24(15-37-27)16-1-3-17(4-2-16)26(35)34-31-14-21-10-12-25(36-21)18-5-11-23(30)22(29)13-18/h1-15H,(H,32,33)(H,34,35)/b31-14-. The van der Waals surface area contributed by atoms with E-state index in [1.807, 2.05) is 41.8 Å². The zero-order valence-electron chi connectivity index (χ0n) is 18.9. The van der Waals surface area contributed by atoms with Crippen molar-refractivity contribution in [2.75, 3.05) is 5.32 Å². The predicted octanol–water partition coefficient (Wildman–Crippen LogP) is 8.02. The van der Waals surface area contributed by atoms with Crippen LogP contribution < -0.4 is 10.7 Å². The molecule has 0 atom stereocenters. The highest BCUT2D eigenvalue weighted by Crippen LogP contribution is 2.28. The molecule has 6 nitrogen and oxygen atoms in total. The smallest absolute Gasteiger partial charge is 0.271 e. The van der Waals surface area contributed by atoms with Crippen LogP contribution in [0.3, 0.4) is 0 Å². The lowest BCUT2D eigenvalue weighted by Gasteiger charge is -2.03. The molecule has 2 aromatic heterocycles. The Hall–Kier alpha value is -3.98.